The first-order valence-electron chi connectivity index (χ1n) is 7.88. The third-order valence-corrected chi connectivity index (χ3v) is 3.37. The number of aliphatic carboxylic acids is 4. The van der Waals surface area contributed by atoms with Crippen LogP contribution in [-0.2, 0) is 34.0 Å². The first-order chi connectivity index (χ1) is 14.1. The van der Waals surface area contributed by atoms with Gasteiger partial charge in [0.05, 0.1) is 6.61 Å². The molecule has 0 spiro atoms. The molecule has 1 fully saturated rings. The number of aliphatic hydroxyl groups is 5. The van der Waals surface area contributed by atoms with Crippen LogP contribution in [0.3, 0.4) is 0 Å². The molecular formula is C14H28O17S. The zero-order chi connectivity index (χ0) is 27.0. The van der Waals surface area contributed by atoms with Gasteiger partial charge in [-0.3, -0.25) is 23.7 Å². The lowest BCUT2D eigenvalue weighted by Crippen LogP contribution is -2.67. The van der Waals surface area contributed by atoms with Crippen molar-refractivity contribution in [3.63, 3.8) is 0 Å². The standard InChI is InChI=1S/C6H12O9S.4C2H4O2/c7-1-2-3(8)4(9)5(10)6(11,15-2)16(12,13)14;4*1-2(3)4/h2-5,7-11H,1H2,(H,12,13,14);4*1H3,(H,3,4)/t2-,3-,4+,5-,6+;;;;/m1..../s1. The third kappa shape index (κ3) is 19.5. The van der Waals surface area contributed by atoms with Gasteiger partial charge in [-0.25, -0.2) is 0 Å². The zero-order valence-corrected chi connectivity index (χ0v) is 18.1. The second kappa shape index (κ2) is 17.1. The van der Waals surface area contributed by atoms with Crippen molar-refractivity contribution in [1.29, 1.82) is 0 Å². The molecule has 18 heteroatoms. The number of ether oxygens (including phenoxy) is 1. The van der Waals surface area contributed by atoms with Crippen molar-refractivity contribution in [2.75, 3.05) is 6.61 Å². The topological polar surface area (TPSA) is 314 Å². The first-order valence-corrected chi connectivity index (χ1v) is 9.32. The number of hydrogen-bond donors (Lipinski definition) is 10. The van der Waals surface area contributed by atoms with Crippen molar-refractivity contribution in [2.45, 2.75) is 57.2 Å². The molecule has 1 aliphatic rings. The van der Waals surface area contributed by atoms with E-state index in [2.05, 4.69) is 4.74 Å². The van der Waals surface area contributed by atoms with E-state index in [1.165, 1.54) is 0 Å². The molecular weight excluding hydrogens is 472 g/mol. The van der Waals surface area contributed by atoms with Crippen LogP contribution < -0.4 is 0 Å². The van der Waals surface area contributed by atoms with Crippen LogP contribution in [0.2, 0.25) is 0 Å². The maximum Gasteiger partial charge on any atom is 0.327 e. The van der Waals surface area contributed by atoms with Gasteiger partial charge in [0, 0.05) is 27.7 Å². The Morgan fingerprint density at radius 2 is 1.03 bits per heavy atom. The molecule has 0 aromatic carbocycles. The fraction of sp³-hybridized carbons (Fsp3) is 0.714. The molecule has 0 aliphatic carbocycles. The van der Waals surface area contributed by atoms with Gasteiger partial charge >= 0.3 is 15.2 Å². The van der Waals surface area contributed by atoms with Gasteiger partial charge in [-0.15, -0.1) is 0 Å². The van der Waals surface area contributed by atoms with Crippen molar-refractivity contribution in [1.82, 2.24) is 0 Å². The van der Waals surface area contributed by atoms with Crippen LogP contribution in [0.25, 0.3) is 0 Å². The molecule has 192 valence electrons. The molecule has 0 radical (unpaired) electrons. The maximum atomic E-state index is 10.8. The molecule has 0 bridgehead atoms. The number of rotatable bonds is 2. The second-order valence-electron chi connectivity index (χ2n) is 5.45. The Hall–Kier alpha value is -2.45. The van der Waals surface area contributed by atoms with Gasteiger partial charge in [0.2, 0.25) is 0 Å². The molecule has 1 saturated heterocycles. The van der Waals surface area contributed by atoms with Gasteiger partial charge in [0.15, 0.2) is 6.10 Å². The molecule has 0 aromatic rings. The molecule has 1 aliphatic heterocycles. The van der Waals surface area contributed by atoms with Crippen molar-refractivity contribution in [3.05, 3.63) is 0 Å². The van der Waals surface area contributed by atoms with Crippen molar-refractivity contribution < 1.29 is 82.8 Å². The monoisotopic (exact) mass is 500 g/mol. The average molecular weight is 500 g/mol. The van der Waals surface area contributed by atoms with Crippen molar-refractivity contribution in [2.24, 2.45) is 0 Å². The Labute approximate surface area is 181 Å². The average Bonchev–Trinajstić information content (AvgIpc) is 2.53. The van der Waals surface area contributed by atoms with Gasteiger partial charge in [-0.05, 0) is 0 Å². The van der Waals surface area contributed by atoms with Crippen LogP contribution >= 0.6 is 0 Å². The largest absolute Gasteiger partial charge is 0.481 e. The van der Waals surface area contributed by atoms with Crippen LogP contribution in [-0.4, -0.2) is 119 Å². The lowest BCUT2D eigenvalue weighted by molar-refractivity contribution is -0.311. The summed E-state index contributed by atoms with van der Waals surface area (Å²) in [5, 5.41) is 71.9. The normalized spacial score (nSPS) is 25.9. The predicted octanol–water partition coefficient (Wildman–Crippen LogP) is -3.64. The van der Waals surface area contributed by atoms with Crippen LogP contribution in [0.4, 0.5) is 0 Å². The number of carboxylic acids is 4. The lowest BCUT2D eigenvalue weighted by Gasteiger charge is -2.42. The molecule has 0 aromatic heterocycles. The molecule has 5 atom stereocenters. The van der Waals surface area contributed by atoms with Gasteiger partial charge in [0.1, 0.15) is 18.3 Å². The molecule has 32 heavy (non-hydrogen) atoms. The van der Waals surface area contributed by atoms with E-state index in [0.29, 0.717) is 0 Å². The maximum absolute atomic E-state index is 10.8. The Morgan fingerprint density at radius 1 is 0.781 bits per heavy atom. The minimum absolute atomic E-state index is 0.833. The van der Waals surface area contributed by atoms with E-state index in [1.807, 2.05) is 0 Å². The summed E-state index contributed by atoms with van der Waals surface area (Å²) in [5.41, 5.74) is 0. The summed E-state index contributed by atoms with van der Waals surface area (Å²) < 4.78 is 34.5. The molecule has 0 amide bonds. The summed E-state index contributed by atoms with van der Waals surface area (Å²) in [4.78, 5) is 36.0. The number of hydrogen-bond acceptors (Lipinski definition) is 12. The number of carbonyl (C=O) groups is 4. The van der Waals surface area contributed by atoms with Crippen LogP contribution in [0.5, 0.6) is 0 Å². The Balaban J connectivity index is -0.000000200. The summed E-state index contributed by atoms with van der Waals surface area (Å²) in [6.45, 7) is 3.41. The summed E-state index contributed by atoms with van der Waals surface area (Å²) in [5.74, 6) is -3.33. The fourth-order valence-electron chi connectivity index (χ4n) is 1.34. The number of aliphatic hydroxyl groups excluding tert-OH is 4. The molecule has 10 N–H and O–H groups in total. The molecule has 17 nitrogen and oxygen atoms in total. The first kappa shape index (κ1) is 36.9. The van der Waals surface area contributed by atoms with E-state index < -0.39 is 70.1 Å². The highest BCUT2D eigenvalue weighted by molar-refractivity contribution is 7.86. The Kier molecular flexibility index (Phi) is 19.8. The minimum atomic E-state index is -5.27. The minimum Gasteiger partial charge on any atom is -0.481 e. The lowest BCUT2D eigenvalue weighted by atomic mass is 9.99. The Morgan fingerprint density at radius 3 is 1.22 bits per heavy atom. The van der Waals surface area contributed by atoms with Crippen LogP contribution in [0, 0.1) is 0 Å². The summed E-state index contributed by atoms with van der Waals surface area (Å²) in [6.07, 6.45) is -8.04. The predicted molar refractivity (Wildman–Crippen MR) is 99.7 cm³/mol. The summed E-state index contributed by atoms with van der Waals surface area (Å²) in [7, 11) is -5.27. The summed E-state index contributed by atoms with van der Waals surface area (Å²) >= 11 is 0. The summed E-state index contributed by atoms with van der Waals surface area (Å²) in [6, 6.07) is 0. The highest BCUT2D eigenvalue weighted by atomic mass is 32.2. The molecule has 0 saturated carbocycles. The molecule has 1 heterocycles. The van der Waals surface area contributed by atoms with Crippen molar-refractivity contribution in [3.8, 4) is 0 Å². The van der Waals surface area contributed by atoms with Gasteiger partial charge in [-0.2, -0.15) is 8.42 Å². The van der Waals surface area contributed by atoms with Gasteiger partial charge < -0.3 is 50.7 Å². The highest BCUT2D eigenvalue weighted by Crippen LogP contribution is 2.31. The van der Waals surface area contributed by atoms with E-state index in [1.54, 1.807) is 0 Å². The quantitative estimate of drug-likeness (QED) is 0.163. The third-order valence-electron chi connectivity index (χ3n) is 2.30. The highest BCUT2D eigenvalue weighted by Gasteiger charge is 2.60. The smallest absolute Gasteiger partial charge is 0.327 e. The zero-order valence-electron chi connectivity index (χ0n) is 17.3. The van der Waals surface area contributed by atoms with Gasteiger partial charge in [0.25, 0.3) is 23.9 Å². The molecule has 1 rings (SSSR count). The van der Waals surface area contributed by atoms with Gasteiger partial charge in [-0.1, -0.05) is 0 Å². The Bertz CT molecular complexity index is 623. The SMILES string of the molecule is CC(=O)O.CC(=O)O.CC(=O)O.CC(=O)O.O=S(=O)(O)[C@@]1(O)O[C@H](CO)[C@@H](O)[C@H](O)[C@H]1O. The van der Waals surface area contributed by atoms with Crippen LogP contribution in [0.1, 0.15) is 27.7 Å². The van der Waals surface area contributed by atoms with E-state index in [9.17, 15) is 28.8 Å². The fourth-order valence-corrected chi connectivity index (χ4v) is 2.03. The second-order valence-corrected chi connectivity index (χ2v) is 6.98. The van der Waals surface area contributed by atoms with E-state index in [4.69, 9.17) is 49.3 Å². The van der Waals surface area contributed by atoms with E-state index >= 15 is 0 Å². The van der Waals surface area contributed by atoms with Crippen molar-refractivity contribution >= 4 is 34.0 Å². The molecule has 0 unspecified atom stereocenters. The van der Waals surface area contributed by atoms with Crippen LogP contribution in [0.15, 0.2) is 0 Å². The number of carboxylic acid groups (broad SMARTS) is 4. The van der Waals surface area contributed by atoms with E-state index in [0.717, 1.165) is 27.7 Å². The van der Waals surface area contributed by atoms with E-state index in [-0.39, 0.29) is 0 Å².